The maximum atomic E-state index is 12.9. The Hall–Kier alpha value is -2.88. The molecule has 0 unspecified atom stereocenters. The molecule has 0 saturated carbocycles. The van der Waals surface area contributed by atoms with Crippen molar-refractivity contribution in [2.75, 3.05) is 19.0 Å². The minimum Gasteiger partial charge on any atom is -0.462 e. The fourth-order valence-corrected chi connectivity index (χ4v) is 4.93. The van der Waals surface area contributed by atoms with Gasteiger partial charge in [-0.3, -0.25) is 9.59 Å². The van der Waals surface area contributed by atoms with E-state index in [0.29, 0.717) is 16.3 Å². The molecule has 3 rings (SSSR count). The van der Waals surface area contributed by atoms with Crippen molar-refractivity contribution in [2.45, 2.75) is 24.8 Å². The summed E-state index contributed by atoms with van der Waals surface area (Å²) in [4.78, 5) is 24.5. The highest BCUT2D eigenvalue weighted by molar-refractivity contribution is 7.92. The number of esters is 1. The highest BCUT2D eigenvalue weighted by Crippen LogP contribution is 2.28. The zero-order chi connectivity index (χ0) is 24.3. The first-order valence-electron chi connectivity index (χ1n) is 10.2. The van der Waals surface area contributed by atoms with Gasteiger partial charge in [-0.25, -0.2) is 8.42 Å². The van der Waals surface area contributed by atoms with Crippen molar-refractivity contribution < 1.29 is 27.9 Å². The fraction of sp³-hybridized carbons (Fsp3) is 0.304. The predicted molar refractivity (Wildman–Crippen MR) is 125 cm³/mol. The standard InChI is InChI=1S/C23H25ClN2O6S/c1-14-10-19(24)18-12-21(26(3)20(18)11-14)23(29)25-15(2)16-4-6-17(7-5-16)33(30,31)13-22(28)32-9-8-27/h4-7,10-12,15,27H,8-9,13H2,1-3H3,(H,25,29)/t15-/m1/s1. The van der Waals surface area contributed by atoms with E-state index >= 15 is 0 Å². The van der Waals surface area contributed by atoms with E-state index in [0.717, 1.165) is 16.5 Å². The number of halogens is 1. The van der Waals surface area contributed by atoms with Crippen LogP contribution in [0.1, 0.15) is 34.6 Å². The van der Waals surface area contributed by atoms with Gasteiger partial charge in [-0.15, -0.1) is 0 Å². The largest absolute Gasteiger partial charge is 0.462 e. The number of carbonyl (C=O) groups excluding carboxylic acids is 2. The summed E-state index contributed by atoms with van der Waals surface area (Å²) in [6.45, 7) is 3.08. The number of amides is 1. The van der Waals surface area contributed by atoms with E-state index in [2.05, 4.69) is 10.1 Å². The maximum Gasteiger partial charge on any atom is 0.321 e. The third-order valence-electron chi connectivity index (χ3n) is 5.24. The third-order valence-corrected chi connectivity index (χ3v) is 7.16. The molecule has 176 valence electrons. The number of aliphatic hydroxyl groups excluding tert-OH is 1. The van der Waals surface area contributed by atoms with Crippen LogP contribution in [0.2, 0.25) is 5.02 Å². The van der Waals surface area contributed by atoms with Crippen molar-refractivity contribution in [3.05, 3.63) is 64.3 Å². The van der Waals surface area contributed by atoms with Crippen molar-refractivity contribution in [2.24, 2.45) is 7.05 Å². The second kappa shape index (κ2) is 9.94. The van der Waals surface area contributed by atoms with Gasteiger partial charge in [0, 0.05) is 12.4 Å². The van der Waals surface area contributed by atoms with Gasteiger partial charge in [0.05, 0.1) is 28.1 Å². The molecule has 0 aliphatic carbocycles. The number of hydrogen-bond donors (Lipinski definition) is 2. The summed E-state index contributed by atoms with van der Waals surface area (Å²) >= 11 is 6.33. The van der Waals surface area contributed by atoms with E-state index in [-0.39, 0.29) is 24.0 Å². The van der Waals surface area contributed by atoms with E-state index in [9.17, 15) is 18.0 Å². The van der Waals surface area contributed by atoms with Gasteiger partial charge in [0.2, 0.25) is 0 Å². The second-order valence-electron chi connectivity index (χ2n) is 7.74. The summed E-state index contributed by atoms with van der Waals surface area (Å²) in [5.74, 6) is -2.04. The molecule has 0 saturated heterocycles. The maximum absolute atomic E-state index is 12.9. The van der Waals surface area contributed by atoms with Gasteiger partial charge in [0.15, 0.2) is 15.6 Å². The molecule has 8 nitrogen and oxygen atoms in total. The highest BCUT2D eigenvalue weighted by Gasteiger charge is 2.22. The molecule has 1 atom stereocenters. The Balaban J connectivity index is 1.73. The Bertz CT molecular complexity index is 1300. The van der Waals surface area contributed by atoms with Crippen molar-refractivity contribution >= 4 is 44.2 Å². The third kappa shape index (κ3) is 5.55. The summed E-state index contributed by atoms with van der Waals surface area (Å²) < 4.78 is 31.1. The van der Waals surface area contributed by atoms with Crippen LogP contribution in [0.5, 0.6) is 0 Å². The normalized spacial score (nSPS) is 12.5. The van der Waals surface area contributed by atoms with Gasteiger partial charge >= 0.3 is 5.97 Å². The number of rotatable bonds is 8. The molecule has 1 aromatic heterocycles. The van der Waals surface area contributed by atoms with Gasteiger partial charge in [0.1, 0.15) is 12.3 Å². The molecule has 2 aromatic carbocycles. The van der Waals surface area contributed by atoms with Crippen molar-refractivity contribution in [3.63, 3.8) is 0 Å². The number of ether oxygens (including phenoxy) is 1. The van der Waals surface area contributed by atoms with Gasteiger partial charge in [-0.2, -0.15) is 0 Å². The number of carbonyl (C=O) groups is 2. The number of benzene rings is 2. The van der Waals surface area contributed by atoms with Crippen LogP contribution in [-0.2, 0) is 26.4 Å². The van der Waals surface area contributed by atoms with Gasteiger partial charge in [0.25, 0.3) is 5.91 Å². The first kappa shape index (κ1) is 24.8. The van der Waals surface area contributed by atoms with Crippen LogP contribution in [0.25, 0.3) is 10.9 Å². The molecule has 0 aliphatic rings. The molecule has 33 heavy (non-hydrogen) atoms. The van der Waals surface area contributed by atoms with Crippen LogP contribution in [0.4, 0.5) is 0 Å². The topological polar surface area (TPSA) is 115 Å². The van der Waals surface area contributed by atoms with E-state index in [4.69, 9.17) is 16.7 Å². The summed E-state index contributed by atoms with van der Waals surface area (Å²) in [6.07, 6.45) is 0. The Kier molecular flexibility index (Phi) is 7.46. The fourth-order valence-electron chi connectivity index (χ4n) is 3.49. The van der Waals surface area contributed by atoms with Gasteiger partial charge in [-0.1, -0.05) is 23.7 Å². The summed E-state index contributed by atoms with van der Waals surface area (Å²) in [5.41, 5.74) is 2.98. The molecule has 1 amide bonds. The molecule has 3 aromatic rings. The lowest BCUT2D eigenvalue weighted by atomic mass is 10.1. The Morgan fingerprint density at radius 3 is 2.48 bits per heavy atom. The van der Waals surface area contributed by atoms with Crippen molar-refractivity contribution in [1.29, 1.82) is 0 Å². The minimum atomic E-state index is -3.89. The number of fused-ring (bicyclic) bond motifs is 1. The zero-order valence-electron chi connectivity index (χ0n) is 18.5. The molecule has 10 heteroatoms. The number of aliphatic hydroxyl groups is 1. The molecular formula is C23H25ClN2O6S. The van der Waals surface area contributed by atoms with Crippen molar-refractivity contribution in [3.8, 4) is 0 Å². The monoisotopic (exact) mass is 492 g/mol. The molecular weight excluding hydrogens is 468 g/mol. The molecule has 0 fully saturated rings. The lowest BCUT2D eigenvalue weighted by Crippen LogP contribution is -2.28. The Morgan fingerprint density at radius 1 is 1.18 bits per heavy atom. The minimum absolute atomic E-state index is 0.0376. The molecule has 2 N–H and O–H groups in total. The van der Waals surface area contributed by atoms with Crippen LogP contribution in [0, 0.1) is 6.92 Å². The van der Waals surface area contributed by atoms with Crippen LogP contribution in [0.15, 0.2) is 47.4 Å². The van der Waals surface area contributed by atoms with Crippen LogP contribution in [0.3, 0.4) is 0 Å². The van der Waals surface area contributed by atoms with Gasteiger partial charge < -0.3 is 19.7 Å². The summed E-state index contributed by atoms with van der Waals surface area (Å²) in [6, 6.07) is 11.1. The van der Waals surface area contributed by atoms with Gasteiger partial charge in [-0.05, 0) is 55.3 Å². The molecule has 0 aliphatic heterocycles. The number of aryl methyl sites for hydroxylation is 2. The number of nitrogens with one attached hydrogen (secondary N) is 1. The smallest absolute Gasteiger partial charge is 0.321 e. The number of sulfone groups is 1. The first-order valence-corrected chi connectivity index (χ1v) is 12.2. The predicted octanol–water partition coefficient (Wildman–Crippen LogP) is 2.94. The molecule has 1 heterocycles. The lowest BCUT2D eigenvalue weighted by molar-refractivity contribution is -0.141. The zero-order valence-corrected chi connectivity index (χ0v) is 20.0. The first-order chi connectivity index (χ1) is 15.5. The van der Waals surface area contributed by atoms with Crippen LogP contribution >= 0.6 is 11.6 Å². The van der Waals surface area contributed by atoms with E-state index in [1.54, 1.807) is 36.7 Å². The van der Waals surface area contributed by atoms with Crippen LogP contribution < -0.4 is 5.32 Å². The number of hydrogen-bond acceptors (Lipinski definition) is 6. The molecule has 0 bridgehead atoms. The van der Waals surface area contributed by atoms with Crippen LogP contribution in [-0.4, -0.2) is 48.9 Å². The molecule has 0 radical (unpaired) electrons. The number of aromatic nitrogens is 1. The molecule has 0 spiro atoms. The number of nitrogens with zero attached hydrogens (tertiary/aromatic N) is 1. The average Bonchev–Trinajstić information content (AvgIpc) is 3.09. The van der Waals surface area contributed by atoms with E-state index in [1.165, 1.54) is 12.1 Å². The second-order valence-corrected chi connectivity index (χ2v) is 10.1. The lowest BCUT2D eigenvalue weighted by Gasteiger charge is -2.15. The Morgan fingerprint density at radius 2 is 1.85 bits per heavy atom. The summed E-state index contributed by atoms with van der Waals surface area (Å²) in [7, 11) is -2.09. The average molecular weight is 493 g/mol. The highest BCUT2D eigenvalue weighted by atomic mass is 35.5. The summed E-state index contributed by atoms with van der Waals surface area (Å²) in [5, 5.41) is 12.9. The van der Waals surface area contributed by atoms with E-state index in [1.807, 2.05) is 19.1 Å². The van der Waals surface area contributed by atoms with Crippen molar-refractivity contribution in [1.82, 2.24) is 9.88 Å². The SMILES string of the molecule is Cc1cc(Cl)c2cc(C(=O)N[C@H](C)c3ccc(S(=O)(=O)CC(=O)OCCO)cc3)n(C)c2c1. The van der Waals surface area contributed by atoms with E-state index < -0.39 is 27.6 Å². The quantitative estimate of drug-likeness (QED) is 0.467. The Labute approximate surface area is 197 Å².